The van der Waals surface area contributed by atoms with Gasteiger partial charge in [-0.1, -0.05) is 0 Å². The van der Waals surface area contributed by atoms with E-state index in [2.05, 4.69) is 25.2 Å². The van der Waals surface area contributed by atoms with E-state index in [-0.39, 0.29) is 11.8 Å². The number of carbonyl (C=O) groups excluding carboxylic acids is 1. The van der Waals surface area contributed by atoms with E-state index >= 15 is 0 Å². The molecule has 0 saturated carbocycles. The van der Waals surface area contributed by atoms with E-state index < -0.39 is 0 Å². The second kappa shape index (κ2) is 11.6. The van der Waals surface area contributed by atoms with E-state index in [9.17, 15) is 4.79 Å². The minimum absolute atomic E-state index is 0.00112. The van der Waals surface area contributed by atoms with Crippen LogP contribution in [-0.2, 0) is 11.2 Å². The van der Waals surface area contributed by atoms with Gasteiger partial charge in [0.25, 0.3) is 0 Å². The fraction of sp³-hybridized carbons (Fsp3) is 0.370. The number of anilines is 1. The highest BCUT2D eigenvalue weighted by Crippen LogP contribution is 2.33. The summed E-state index contributed by atoms with van der Waals surface area (Å²) in [6, 6.07) is 7.75. The number of nitrogens with zero attached hydrogens (tertiary/aromatic N) is 6. The number of rotatable bonds is 9. The summed E-state index contributed by atoms with van der Waals surface area (Å²) in [6.45, 7) is 4.06. The zero-order valence-electron chi connectivity index (χ0n) is 21.8. The summed E-state index contributed by atoms with van der Waals surface area (Å²) in [6.07, 6.45) is 7.49. The molecule has 198 valence electrons. The largest absolute Gasteiger partial charge is 0.493 e. The van der Waals surface area contributed by atoms with Gasteiger partial charge in [0.15, 0.2) is 11.5 Å². The second-order valence-corrected chi connectivity index (χ2v) is 9.95. The summed E-state index contributed by atoms with van der Waals surface area (Å²) in [4.78, 5) is 32.9. The van der Waals surface area contributed by atoms with Crippen molar-refractivity contribution in [2.24, 2.45) is 5.92 Å². The molecular weight excluding hydrogens is 502 g/mol. The van der Waals surface area contributed by atoms with Gasteiger partial charge in [-0.05, 0) is 38.0 Å². The number of aromatic nitrogens is 5. The van der Waals surface area contributed by atoms with E-state index in [0.29, 0.717) is 24.5 Å². The number of amides is 1. The Balaban J connectivity index is 1.10. The number of imidazole rings is 1. The van der Waals surface area contributed by atoms with Gasteiger partial charge in [0, 0.05) is 61.4 Å². The van der Waals surface area contributed by atoms with E-state index in [1.54, 1.807) is 38.1 Å². The summed E-state index contributed by atoms with van der Waals surface area (Å²) in [5.74, 6) is 4.01. The zero-order valence-corrected chi connectivity index (χ0v) is 22.6. The molecule has 1 amide bonds. The van der Waals surface area contributed by atoms with Gasteiger partial charge in [-0.15, -0.1) is 11.3 Å². The Kier molecular flexibility index (Phi) is 7.83. The lowest BCUT2D eigenvalue weighted by molar-refractivity contribution is -0.125. The summed E-state index contributed by atoms with van der Waals surface area (Å²) >= 11 is 1.58. The Morgan fingerprint density at radius 2 is 1.87 bits per heavy atom. The molecule has 1 fully saturated rings. The molecule has 0 unspecified atom stereocenters. The Morgan fingerprint density at radius 1 is 1.08 bits per heavy atom. The lowest BCUT2D eigenvalue weighted by Gasteiger charge is -2.32. The number of aryl methyl sites for hydroxylation is 1. The number of piperidine rings is 1. The first-order chi connectivity index (χ1) is 18.6. The van der Waals surface area contributed by atoms with Gasteiger partial charge in [-0.25, -0.2) is 19.9 Å². The van der Waals surface area contributed by atoms with Gasteiger partial charge >= 0.3 is 0 Å². The summed E-state index contributed by atoms with van der Waals surface area (Å²) in [5, 5.41) is 6.06. The molecule has 1 saturated heterocycles. The van der Waals surface area contributed by atoms with Crippen molar-refractivity contribution in [1.29, 1.82) is 0 Å². The Morgan fingerprint density at radius 3 is 2.61 bits per heavy atom. The van der Waals surface area contributed by atoms with Crippen molar-refractivity contribution in [2.75, 3.05) is 38.8 Å². The predicted octanol–water partition coefficient (Wildman–Crippen LogP) is 3.69. The standard InChI is InChI=1S/C27H31N7O3S/c1-18-28-10-13-34(18)25-15-24(30-17-31-25)33-11-7-19(8-12-33)26(35)29-9-6-21-16-38-27(32-21)20-4-5-22(36-2)23(14-20)37-3/h4-5,10,13-17,19H,6-9,11-12H2,1-3H3,(H,29,35). The van der Waals surface area contributed by atoms with Crippen LogP contribution in [0.15, 0.2) is 48.4 Å². The van der Waals surface area contributed by atoms with Crippen molar-refractivity contribution in [1.82, 2.24) is 29.8 Å². The lowest BCUT2D eigenvalue weighted by Crippen LogP contribution is -2.41. The van der Waals surface area contributed by atoms with Gasteiger partial charge in [-0.3, -0.25) is 9.36 Å². The van der Waals surface area contributed by atoms with Gasteiger partial charge in [0.2, 0.25) is 5.91 Å². The van der Waals surface area contributed by atoms with Crippen LogP contribution in [0.25, 0.3) is 16.4 Å². The first-order valence-electron chi connectivity index (χ1n) is 12.6. The maximum atomic E-state index is 12.8. The number of hydrogen-bond acceptors (Lipinski definition) is 9. The third kappa shape index (κ3) is 5.62. The fourth-order valence-electron chi connectivity index (χ4n) is 4.61. The maximum Gasteiger partial charge on any atom is 0.223 e. The fourth-order valence-corrected chi connectivity index (χ4v) is 5.47. The van der Waals surface area contributed by atoms with Crippen molar-refractivity contribution in [3.8, 4) is 27.9 Å². The van der Waals surface area contributed by atoms with E-state index in [4.69, 9.17) is 14.5 Å². The highest BCUT2D eigenvalue weighted by molar-refractivity contribution is 7.13. The minimum Gasteiger partial charge on any atom is -0.493 e. The number of nitrogens with one attached hydrogen (secondary N) is 1. The molecule has 10 nitrogen and oxygen atoms in total. The average molecular weight is 534 g/mol. The van der Waals surface area contributed by atoms with Crippen molar-refractivity contribution in [3.63, 3.8) is 0 Å². The lowest BCUT2D eigenvalue weighted by atomic mass is 9.96. The number of ether oxygens (including phenoxy) is 2. The molecule has 0 atom stereocenters. The third-order valence-electron chi connectivity index (χ3n) is 6.76. The van der Waals surface area contributed by atoms with Crippen LogP contribution in [0.2, 0.25) is 0 Å². The summed E-state index contributed by atoms with van der Waals surface area (Å²) in [5.41, 5.74) is 1.94. The van der Waals surface area contributed by atoms with Crippen molar-refractivity contribution >= 4 is 23.1 Å². The number of carbonyl (C=O) groups is 1. The quantitative estimate of drug-likeness (QED) is 0.347. The minimum atomic E-state index is 0.00112. The molecule has 1 aliphatic heterocycles. The molecule has 38 heavy (non-hydrogen) atoms. The third-order valence-corrected chi connectivity index (χ3v) is 7.70. The Bertz CT molecular complexity index is 1390. The van der Waals surface area contributed by atoms with Crippen LogP contribution in [0.1, 0.15) is 24.4 Å². The molecule has 0 bridgehead atoms. The second-order valence-electron chi connectivity index (χ2n) is 9.09. The molecule has 1 N–H and O–H groups in total. The number of benzene rings is 1. The van der Waals surface area contributed by atoms with E-state index in [1.165, 1.54) is 0 Å². The van der Waals surface area contributed by atoms with Crippen molar-refractivity contribution in [2.45, 2.75) is 26.2 Å². The van der Waals surface area contributed by atoms with Gasteiger partial charge in [0.1, 0.15) is 28.8 Å². The van der Waals surface area contributed by atoms with Crippen LogP contribution in [0, 0.1) is 12.8 Å². The normalized spacial score (nSPS) is 13.9. The highest BCUT2D eigenvalue weighted by atomic mass is 32.1. The molecule has 5 rings (SSSR count). The molecule has 11 heteroatoms. The molecule has 4 heterocycles. The summed E-state index contributed by atoms with van der Waals surface area (Å²) in [7, 11) is 3.24. The van der Waals surface area contributed by atoms with E-state index in [0.717, 1.165) is 59.7 Å². The van der Waals surface area contributed by atoms with Crippen LogP contribution in [-0.4, -0.2) is 64.3 Å². The monoisotopic (exact) mass is 533 g/mol. The Labute approximate surface area is 225 Å². The first-order valence-corrected chi connectivity index (χ1v) is 13.5. The molecule has 0 spiro atoms. The number of methoxy groups -OCH3 is 2. The van der Waals surface area contributed by atoms with Crippen LogP contribution >= 0.6 is 11.3 Å². The smallest absolute Gasteiger partial charge is 0.223 e. The molecule has 4 aromatic rings. The number of thiazole rings is 1. The van der Waals surface area contributed by atoms with Gasteiger partial charge in [-0.2, -0.15) is 0 Å². The zero-order chi connectivity index (χ0) is 26.5. The van der Waals surface area contributed by atoms with Crippen molar-refractivity contribution < 1.29 is 14.3 Å². The summed E-state index contributed by atoms with van der Waals surface area (Å²) < 4.78 is 12.7. The molecule has 1 aromatic carbocycles. The van der Waals surface area contributed by atoms with Crippen LogP contribution in [0.4, 0.5) is 5.82 Å². The average Bonchev–Trinajstić information content (AvgIpc) is 3.62. The van der Waals surface area contributed by atoms with Crippen LogP contribution < -0.4 is 19.7 Å². The highest BCUT2D eigenvalue weighted by Gasteiger charge is 2.26. The van der Waals surface area contributed by atoms with Crippen molar-refractivity contribution in [3.05, 3.63) is 59.9 Å². The molecule has 1 aliphatic rings. The number of hydrogen-bond donors (Lipinski definition) is 1. The predicted molar refractivity (Wildman–Crippen MR) is 146 cm³/mol. The van der Waals surface area contributed by atoms with Crippen LogP contribution in [0.3, 0.4) is 0 Å². The molecule has 3 aromatic heterocycles. The molecule has 0 aliphatic carbocycles. The van der Waals surface area contributed by atoms with Crippen LogP contribution in [0.5, 0.6) is 11.5 Å². The van der Waals surface area contributed by atoms with E-state index in [1.807, 2.05) is 47.3 Å². The van der Waals surface area contributed by atoms with Gasteiger partial charge in [0.05, 0.1) is 19.9 Å². The Hall–Kier alpha value is -3.99. The molecule has 0 radical (unpaired) electrons. The maximum absolute atomic E-state index is 12.8. The van der Waals surface area contributed by atoms with Gasteiger partial charge < -0.3 is 19.7 Å². The first kappa shape index (κ1) is 25.7. The molecular formula is C27H31N7O3S. The topological polar surface area (TPSA) is 107 Å². The SMILES string of the molecule is COc1ccc(-c2nc(CCNC(=O)C3CCN(c4cc(-n5ccnc5C)ncn4)CC3)cs2)cc1OC.